The zero-order valence-electron chi connectivity index (χ0n) is 12.0. The van der Waals surface area contributed by atoms with E-state index in [1.165, 1.54) is 5.01 Å². The summed E-state index contributed by atoms with van der Waals surface area (Å²) in [5.74, 6) is 0. The lowest BCUT2D eigenvalue weighted by molar-refractivity contribution is 0.0285. The number of hydrogen-bond donors (Lipinski definition) is 1. The molecule has 4 heteroatoms. The molecule has 1 heterocycles. The predicted molar refractivity (Wildman–Crippen MR) is 78.3 cm³/mol. The van der Waals surface area contributed by atoms with E-state index in [1.54, 1.807) is 11.3 Å². The van der Waals surface area contributed by atoms with Crippen LogP contribution >= 0.6 is 11.3 Å². The number of nitrogens with zero attached hydrogens (tertiary/aromatic N) is 1. The number of rotatable bonds is 9. The molecule has 2 atom stereocenters. The Morgan fingerprint density at radius 1 is 1.39 bits per heavy atom. The van der Waals surface area contributed by atoms with E-state index in [0.29, 0.717) is 12.1 Å². The maximum atomic E-state index is 5.89. The first kappa shape index (κ1) is 15.6. The topological polar surface area (TPSA) is 34.1 Å². The molecular weight excluding hydrogens is 244 g/mol. The van der Waals surface area contributed by atoms with Crippen LogP contribution in [0, 0.1) is 6.92 Å². The number of ether oxygens (including phenoxy) is 1. The highest BCUT2D eigenvalue weighted by Gasteiger charge is 2.21. The fourth-order valence-electron chi connectivity index (χ4n) is 2.18. The van der Waals surface area contributed by atoms with Crippen LogP contribution in [-0.4, -0.2) is 30.3 Å². The van der Waals surface area contributed by atoms with E-state index in [1.807, 2.05) is 6.92 Å². The Labute approximate surface area is 115 Å². The third kappa shape index (κ3) is 5.04. The zero-order valence-corrected chi connectivity index (χ0v) is 12.8. The summed E-state index contributed by atoms with van der Waals surface area (Å²) in [6, 6.07) is 0.375. The monoisotopic (exact) mass is 270 g/mol. The number of nitrogens with one attached hydrogen (secondary N) is 1. The van der Waals surface area contributed by atoms with Gasteiger partial charge in [-0.15, -0.1) is 11.3 Å². The van der Waals surface area contributed by atoms with E-state index >= 15 is 0 Å². The molecule has 0 aliphatic heterocycles. The van der Waals surface area contributed by atoms with Crippen LogP contribution in [-0.2, 0) is 11.2 Å². The van der Waals surface area contributed by atoms with Crippen molar-refractivity contribution in [3.05, 3.63) is 16.1 Å². The first-order valence-electron chi connectivity index (χ1n) is 6.97. The molecule has 3 nitrogen and oxygen atoms in total. The van der Waals surface area contributed by atoms with E-state index in [9.17, 15) is 0 Å². The average Bonchev–Trinajstić information content (AvgIpc) is 2.74. The first-order valence-corrected chi connectivity index (χ1v) is 7.85. The maximum Gasteiger partial charge on any atom is 0.0944 e. The summed E-state index contributed by atoms with van der Waals surface area (Å²) < 4.78 is 5.89. The van der Waals surface area contributed by atoms with Gasteiger partial charge in [0, 0.05) is 30.1 Å². The summed E-state index contributed by atoms with van der Waals surface area (Å²) in [6.45, 7) is 10.2. The second-order valence-electron chi connectivity index (χ2n) is 4.53. The minimum absolute atomic E-state index is 0.296. The van der Waals surface area contributed by atoms with Crippen LogP contribution in [0.5, 0.6) is 0 Å². The maximum absolute atomic E-state index is 5.89. The smallest absolute Gasteiger partial charge is 0.0944 e. The van der Waals surface area contributed by atoms with Gasteiger partial charge in [-0.3, -0.25) is 0 Å². The number of hydrogen-bond acceptors (Lipinski definition) is 4. The van der Waals surface area contributed by atoms with Gasteiger partial charge >= 0.3 is 0 Å². The molecule has 0 radical (unpaired) electrons. The van der Waals surface area contributed by atoms with Crippen molar-refractivity contribution in [3.63, 3.8) is 0 Å². The van der Waals surface area contributed by atoms with Crippen molar-refractivity contribution >= 4 is 11.3 Å². The summed E-state index contributed by atoms with van der Waals surface area (Å²) in [6.07, 6.45) is 3.53. The minimum Gasteiger partial charge on any atom is -0.377 e. The van der Waals surface area contributed by atoms with Crippen LogP contribution in [0.2, 0.25) is 0 Å². The van der Waals surface area contributed by atoms with Gasteiger partial charge in [0.2, 0.25) is 0 Å². The van der Waals surface area contributed by atoms with Crippen molar-refractivity contribution in [1.29, 1.82) is 0 Å². The van der Waals surface area contributed by atoms with Gasteiger partial charge in [-0.05, 0) is 26.8 Å². The van der Waals surface area contributed by atoms with Crippen LogP contribution in [0.1, 0.15) is 44.3 Å². The van der Waals surface area contributed by atoms with Gasteiger partial charge in [-0.1, -0.05) is 20.3 Å². The summed E-state index contributed by atoms with van der Waals surface area (Å²) in [5.41, 5.74) is 1.12. The van der Waals surface area contributed by atoms with Gasteiger partial charge in [0.1, 0.15) is 0 Å². The molecule has 104 valence electrons. The lowest BCUT2D eigenvalue weighted by atomic mass is 10.0. The molecule has 0 aliphatic rings. The summed E-state index contributed by atoms with van der Waals surface area (Å²) >= 11 is 1.75. The van der Waals surface area contributed by atoms with Gasteiger partial charge < -0.3 is 10.1 Å². The third-order valence-corrected chi connectivity index (χ3v) is 3.92. The SMILES string of the molecule is CCCC(OCC)C(Cc1nc(C)cs1)NCC. The van der Waals surface area contributed by atoms with Crippen molar-refractivity contribution in [2.45, 2.75) is 59.1 Å². The van der Waals surface area contributed by atoms with Gasteiger partial charge in [0.05, 0.1) is 11.1 Å². The molecule has 1 aromatic heterocycles. The highest BCUT2D eigenvalue weighted by Crippen LogP contribution is 2.16. The molecule has 1 aromatic rings. The molecule has 1 N–H and O–H groups in total. The van der Waals surface area contributed by atoms with Crippen LogP contribution in [0.15, 0.2) is 5.38 Å². The average molecular weight is 270 g/mol. The molecule has 0 bridgehead atoms. The molecular formula is C14H26N2OS. The molecule has 0 saturated heterocycles. The Kier molecular flexibility index (Phi) is 7.47. The largest absolute Gasteiger partial charge is 0.377 e. The van der Waals surface area contributed by atoms with Gasteiger partial charge in [-0.25, -0.2) is 4.98 Å². The highest BCUT2D eigenvalue weighted by molar-refractivity contribution is 7.09. The van der Waals surface area contributed by atoms with Crippen molar-refractivity contribution in [2.75, 3.05) is 13.2 Å². The van der Waals surface area contributed by atoms with Crippen molar-refractivity contribution < 1.29 is 4.74 Å². The van der Waals surface area contributed by atoms with E-state index in [4.69, 9.17) is 4.74 Å². The molecule has 0 amide bonds. The Hall–Kier alpha value is -0.450. The lowest BCUT2D eigenvalue weighted by Crippen LogP contribution is -2.43. The third-order valence-electron chi connectivity index (χ3n) is 2.93. The normalized spacial score (nSPS) is 14.7. The van der Waals surface area contributed by atoms with Crippen LogP contribution in [0.25, 0.3) is 0 Å². The lowest BCUT2D eigenvalue weighted by Gasteiger charge is -2.27. The number of aromatic nitrogens is 1. The van der Waals surface area contributed by atoms with E-state index in [0.717, 1.165) is 38.1 Å². The van der Waals surface area contributed by atoms with Gasteiger partial charge in [0.25, 0.3) is 0 Å². The second-order valence-corrected chi connectivity index (χ2v) is 5.48. The minimum atomic E-state index is 0.296. The van der Waals surface area contributed by atoms with E-state index < -0.39 is 0 Å². The Morgan fingerprint density at radius 3 is 2.67 bits per heavy atom. The van der Waals surface area contributed by atoms with Crippen molar-refractivity contribution in [1.82, 2.24) is 10.3 Å². The molecule has 18 heavy (non-hydrogen) atoms. The van der Waals surface area contributed by atoms with Gasteiger partial charge in [0.15, 0.2) is 0 Å². The fourth-order valence-corrected chi connectivity index (χ4v) is 3.01. The molecule has 0 aliphatic carbocycles. The number of thiazole rings is 1. The Balaban J connectivity index is 2.66. The zero-order chi connectivity index (χ0) is 13.4. The van der Waals surface area contributed by atoms with Crippen LogP contribution in [0.3, 0.4) is 0 Å². The molecule has 2 unspecified atom stereocenters. The van der Waals surface area contributed by atoms with Crippen LogP contribution < -0.4 is 5.32 Å². The Morgan fingerprint density at radius 2 is 2.17 bits per heavy atom. The quantitative estimate of drug-likeness (QED) is 0.748. The van der Waals surface area contributed by atoms with Crippen molar-refractivity contribution in [3.8, 4) is 0 Å². The summed E-state index contributed by atoms with van der Waals surface area (Å²) in [7, 11) is 0. The fraction of sp³-hybridized carbons (Fsp3) is 0.786. The number of likely N-dealkylation sites (N-methyl/N-ethyl adjacent to an activating group) is 1. The molecule has 0 spiro atoms. The molecule has 0 fully saturated rings. The Bertz CT molecular complexity index is 321. The van der Waals surface area contributed by atoms with Crippen molar-refractivity contribution in [2.24, 2.45) is 0 Å². The number of aryl methyl sites for hydroxylation is 1. The first-order chi connectivity index (χ1) is 8.71. The molecule has 1 rings (SSSR count). The standard InChI is InChI=1S/C14H26N2OS/c1-5-8-13(17-7-3)12(15-6-2)9-14-16-11(4)10-18-14/h10,12-13,15H,5-9H2,1-4H3. The second kappa shape index (κ2) is 8.62. The summed E-state index contributed by atoms with van der Waals surface area (Å²) in [4.78, 5) is 4.56. The predicted octanol–water partition coefficient (Wildman–Crippen LogP) is 3.18. The highest BCUT2D eigenvalue weighted by atomic mass is 32.1. The van der Waals surface area contributed by atoms with Crippen LogP contribution in [0.4, 0.5) is 0 Å². The molecule has 0 aromatic carbocycles. The molecule has 0 saturated carbocycles. The van der Waals surface area contributed by atoms with E-state index in [-0.39, 0.29) is 0 Å². The van der Waals surface area contributed by atoms with E-state index in [2.05, 4.69) is 36.5 Å². The summed E-state index contributed by atoms with van der Waals surface area (Å²) in [5, 5.41) is 6.88. The van der Waals surface area contributed by atoms with Gasteiger partial charge in [-0.2, -0.15) is 0 Å².